The summed E-state index contributed by atoms with van der Waals surface area (Å²) < 4.78 is 10.4. The standard InChI is InChI=1S/C19H17N3O5S/c1-3-16-20-19(22-21-16)28-15(17(23)24)10-13-7-8-14(27-13)11-5-4-6-12(9-11)18(25)26-2/h4-10H,3H2,1-2H3,(H,23,24)(H,20,21,22)/b15-10-. The van der Waals surface area contributed by atoms with Crippen molar-refractivity contribution in [3.8, 4) is 11.3 Å². The molecule has 0 saturated carbocycles. The number of esters is 1. The number of methoxy groups -OCH3 is 1. The zero-order valence-corrected chi connectivity index (χ0v) is 15.9. The molecule has 0 unspecified atom stereocenters. The van der Waals surface area contributed by atoms with Crippen molar-refractivity contribution in [2.24, 2.45) is 0 Å². The van der Waals surface area contributed by atoms with Crippen molar-refractivity contribution in [1.82, 2.24) is 15.2 Å². The Morgan fingerprint density at radius 3 is 2.82 bits per heavy atom. The number of nitrogens with zero attached hydrogens (tertiary/aromatic N) is 2. The van der Waals surface area contributed by atoms with Crippen LogP contribution in [-0.2, 0) is 16.0 Å². The number of carbonyl (C=O) groups excluding carboxylic acids is 1. The Hall–Kier alpha value is -3.33. The van der Waals surface area contributed by atoms with Crippen LogP contribution in [0.15, 0.2) is 50.9 Å². The third-order valence-electron chi connectivity index (χ3n) is 3.73. The molecule has 0 aliphatic carbocycles. The predicted molar refractivity (Wildman–Crippen MR) is 103 cm³/mol. The molecule has 2 heterocycles. The van der Waals surface area contributed by atoms with Crippen molar-refractivity contribution >= 4 is 29.8 Å². The normalized spacial score (nSPS) is 11.4. The number of aryl methyl sites for hydroxylation is 1. The van der Waals surface area contributed by atoms with E-state index in [1.807, 2.05) is 6.92 Å². The van der Waals surface area contributed by atoms with Crippen LogP contribution < -0.4 is 0 Å². The highest BCUT2D eigenvalue weighted by Crippen LogP contribution is 2.29. The molecular weight excluding hydrogens is 382 g/mol. The van der Waals surface area contributed by atoms with E-state index < -0.39 is 11.9 Å². The maximum Gasteiger partial charge on any atom is 0.342 e. The Labute approximate surface area is 164 Å². The summed E-state index contributed by atoms with van der Waals surface area (Å²) in [5.41, 5.74) is 1.07. The molecular formula is C19H17N3O5S. The average molecular weight is 399 g/mol. The van der Waals surface area contributed by atoms with Crippen LogP contribution in [-0.4, -0.2) is 39.3 Å². The second-order valence-electron chi connectivity index (χ2n) is 5.61. The van der Waals surface area contributed by atoms with Crippen LogP contribution in [0.1, 0.15) is 28.9 Å². The van der Waals surface area contributed by atoms with Gasteiger partial charge < -0.3 is 14.3 Å². The number of H-pyrrole nitrogens is 1. The van der Waals surface area contributed by atoms with Gasteiger partial charge in [-0.3, -0.25) is 5.10 Å². The summed E-state index contributed by atoms with van der Waals surface area (Å²) >= 11 is 0.929. The van der Waals surface area contributed by atoms with Crippen LogP contribution in [0.3, 0.4) is 0 Å². The van der Waals surface area contributed by atoms with Gasteiger partial charge in [-0.25, -0.2) is 14.6 Å². The number of carbonyl (C=O) groups is 2. The van der Waals surface area contributed by atoms with E-state index in [1.54, 1.807) is 36.4 Å². The second-order valence-corrected chi connectivity index (χ2v) is 6.62. The number of rotatable bonds is 7. The van der Waals surface area contributed by atoms with E-state index >= 15 is 0 Å². The van der Waals surface area contributed by atoms with E-state index in [-0.39, 0.29) is 4.91 Å². The van der Waals surface area contributed by atoms with Crippen molar-refractivity contribution in [3.05, 3.63) is 58.5 Å². The van der Waals surface area contributed by atoms with Crippen molar-refractivity contribution < 1.29 is 23.8 Å². The largest absolute Gasteiger partial charge is 0.477 e. The highest BCUT2D eigenvalue weighted by atomic mass is 32.2. The monoisotopic (exact) mass is 399 g/mol. The first kappa shape index (κ1) is 19.4. The average Bonchev–Trinajstić information content (AvgIpc) is 3.36. The number of ether oxygens (including phenoxy) is 1. The number of aromatic amines is 1. The third-order valence-corrected chi connectivity index (χ3v) is 4.60. The molecule has 3 rings (SSSR count). The highest BCUT2D eigenvalue weighted by Gasteiger charge is 2.15. The SMILES string of the molecule is CCc1nc(S/C(=C\c2ccc(-c3cccc(C(=O)OC)c3)o2)C(=O)O)n[nH]1. The number of aromatic nitrogens is 3. The number of furan rings is 1. The molecule has 0 radical (unpaired) electrons. The number of carboxylic acids is 1. The van der Waals surface area contributed by atoms with Crippen molar-refractivity contribution in [2.75, 3.05) is 7.11 Å². The third kappa shape index (κ3) is 4.49. The summed E-state index contributed by atoms with van der Waals surface area (Å²) in [5, 5.41) is 16.5. The van der Waals surface area contributed by atoms with Gasteiger partial charge in [-0.1, -0.05) is 19.1 Å². The molecule has 2 N–H and O–H groups in total. The smallest absolute Gasteiger partial charge is 0.342 e. The molecule has 9 heteroatoms. The first-order valence-corrected chi connectivity index (χ1v) is 9.14. The Morgan fingerprint density at radius 1 is 1.32 bits per heavy atom. The molecule has 0 aliphatic heterocycles. The molecule has 28 heavy (non-hydrogen) atoms. The Kier molecular flexibility index (Phi) is 5.95. The maximum atomic E-state index is 11.7. The lowest BCUT2D eigenvalue weighted by molar-refractivity contribution is -0.131. The van der Waals surface area contributed by atoms with E-state index in [0.717, 1.165) is 11.8 Å². The van der Waals surface area contributed by atoms with Crippen molar-refractivity contribution in [3.63, 3.8) is 0 Å². The number of nitrogens with one attached hydrogen (secondary N) is 1. The van der Waals surface area contributed by atoms with Gasteiger partial charge in [-0.15, -0.1) is 5.10 Å². The number of thioether (sulfide) groups is 1. The molecule has 0 atom stereocenters. The first-order chi connectivity index (χ1) is 13.5. The summed E-state index contributed by atoms with van der Waals surface area (Å²) in [6, 6.07) is 10.1. The van der Waals surface area contributed by atoms with Gasteiger partial charge >= 0.3 is 11.9 Å². The van der Waals surface area contributed by atoms with Gasteiger partial charge in [0, 0.05) is 18.1 Å². The quantitative estimate of drug-likeness (QED) is 0.351. The van der Waals surface area contributed by atoms with E-state index in [4.69, 9.17) is 9.15 Å². The minimum absolute atomic E-state index is 0.0193. The van der Waals surface area contributed by atoms with Crippen molar-refractivity contribution in [2.45, 2.75) is 18.5 Å². The molecule has 0 saturated heterocycles. The van der Waals surface area contributed by atoms with Gasteiger partial charge in [-0.2, -0.15) is 0 Å². The van der Waals surface area contributed by atoms with E-state index in [0.29, 0.717) is 40.0 Å². The fourth-order valence-electron chi connectivity index (χ4n) is 2.35. The van der Waals surface area contributed by atoms with E-state index in [9.17, 15) is 14.7 Å². The molecule has 0 spiro atoms. The minimum Gasteiger partial charge on any atom is -0.477 e. The van der Waals surface area contributed by atoms with Crippen LogP contribution in [0.5, 0.6) is 0 Å². The maximum absolute atomic E-state index is 11.7. The molecule has 8 nitrogen and oxygen atoms in total. The topological polar surface area (TPSA) is 118 Å². The Bertz CT molecular complexity index is 1040. The summed E-state index contributed by atoms with van der Waals surface area (Å²) in [5.74, 6) is -0.0277. The van der Waals surface area contributed by atoms with Gasteiger partial charge in [-0.05, 0) is 36.0 Å². The van der Waals surface area contributed by atoms with Gasteiger partial charge in [0.25, 0.3) is 0 Å². The number of aliphatic carboxylic acids is 1. The molecule has 0 amide bonds. The zero-order chi connectivity index (χ0) is 20.1. The second kappa shape index (κ2) is 8.57. The molecule has 2 aromatic heterocycles. The first-order valence-electron chi connectivity index (χ1n) is 8.33. The summed E-state index contributed by atoms with van der Waals surface area (Å²) in [7, 11) is 1.31. The molecule has 0 bridgehead atoms. The van der Waals surface area contributed by atoms with Crippen LogP contribution >= 0.6 is 11.8 Å². The van der Waals surface area contributed by atoms with Gasteiger partial charge in [0.15, 0.2) is 0 Å². The number of hydrogen-bond acceptors (Lipinski definition) is 7. The lowest BCUT2D eigenvalue weighted by atomic mass is 10.1. The number of hydrogen-bond donors (Lipinski definition) is 2. The molecule has 3 aromatic rings. The van der Waals surface area contributed by atoms with Crippen LogP contribution in [0, 0.1) is 0 Å². The Morgan fingerprint density at radius 2 is 2.14 bits per heavy atom. The van der Waals surface area contributed by atoms with Gasteiger partial charge in [0.05, 0.1) is 12.7 Å². The highest BCUT2D eigenvalue weighted by molar-refractivity contribution is 8.04. The van der Waals surface area contributed by atoms with Crippen LogP contribution in [0.25, 0.3) is 17.4 Å². The minimum atomic E-state index is -1.11. The predicted octanol–water partition coefficient (Wildman–Crippen LogP) is 3.63. The number of carboxylic acid groups (broad SMARTS) is 1. The number of benzene rings is 1. The molecule has 144 valence electrons. The lowest BCUT2D eigenvalue weighted by Gasteiger charge is -2.01. The van der Waals surface area contributed by atoms with E-state index in [1.165, 1.54) is 13.2 Å². The summed E-state index contributed by atoms with van der Waals surface area (Å²) in [4.78, 5) is 27.5. The van der Waals surface area contributed by atoms with Gasteiger partial charge in [0.2, 0.25) is 5.16 Å². The molecule has 0 fully saturated rings. The fraction of sp³-hybridized carbons (Fsp3) is 0.158. The van der Waals surface area contributed by atoms with Crippen molar-refractivity contribution in [1.29, 1.82) is 0 Å². The fourth-order valence-corrected chi connectivity index (χ4v) is 3.05. The van der Waals surface area contributed by atoms with Crippen LogP contribution in [0.2, 0.25) is 0 Å². The lowest BCUT2D eigenvalue weighted by Crippen LogP contribution is -2.00. The molecule has 1 aromatic carbocycles. The summed E-state index contributed by atoms with van der Waals surface area (Å²) in [6.07, 6.45) is 2.08. The molecule has 0 aliphatic rings. The van der Waals surface area contributed by atoms with Crippen LogP contribution in [0.4, 0.5) is 0 Å². The van der Waals surface area contributed by atoms with Gasteiger partial charge in [0.1, 0.15) is 22.3 Å². The Balaban J connectivity index is 1.85. The van der Waals surface area contributed by atoms with E-state index in [2.05, 4.69) is 15.2 Å². The summed E-state index contributed by atoms with van der Waals surface area (Å²) in [6.45, 7) is 1.92. The zero-order valence-electron chi connectivity index (χ0n) is 15.1.